The Morgan fingerprint density at radius 2 is 1.81 bits per heavy atom. The summed E-state index contributed by atoms with van der Waals surface area (Å²) in [6.45, 7) is 0.786. The lowest BCUT2D eigenvalue weighted by Crippen LogP contribution is -2.31. The number of carbonyl (C=O) groups is 1. The molecule has 7 nitrogen and oxygen atoms in total. The summed E-state index contributed by atoms with van der Waals surface area (Å²) in [4.78, 5) is 14.0. The zero-order valence-electron chi connectivity index (χ0n) is 15.0. The number of carbonyl (C=O) groups excluding carboxylic acids is 1. The van der Waals surface area contributed by atoms with E-state index in [9.17, 15) is 13.2 Å². The smallest absolute Gasteiger partial charge is 0.253 e. The van der Waals surface area contributed by atoms with Crippen LogP contribution in [-0.2, 0) is 10.0 Å². The highest BCUT2D eigenvalue weighted by Gasteiger charge is 2.16. The molecule has 0 atom stereocenters. The summed E-state index contributed by atoms with van der Waals surface area (Å²) in [5.74, 6) is 0.504. The van der Waals surface area contributed by atoms with Crippen molar-refractivity contribution in [1.29, 1.82) is 5.26 Å². The molecule has 2 aromatic carbocycles. The van der Waals surface area contributed by atoms with Crippen molar-refractivity contribution in [2.75, 3.05) is 26.7 Å². The highest BCUT2D eigenvalue weighted by Crippen LogP contribution is 2.12. The fraction of sp³-hybridized carbons (Fsp3) is 0.263. The molecule has 2 aromatic rings. The third-order valence-corrected chi connectivity index (χ3v) is 5.20. The third kappa shape index (κ3) is 6.09. The fourth-order valence-electron chi connectivity index (χ4n) is 2.24. The molecule has 0 bridgehead atoms. The predicted molar refractivity (Wildman–Crippen MR) is 101 cm³/mol. The van der Waals surface area contributed by atoms with E-state index in [1.807, 2.05) is 36.4 Å². The van der Waals surface area contributed by atoms with Crippen molar-refractivity contribution in [2.45, 2.75) is 11.3 Å². The maximum absolute atomic E-state index is 12.4. The highest BCUT2D eigenvalue weighted by molar-refractivity contribution is 7.89. The summed E-state index contributed by atoms with van der Waals surface area (Å²) in [5.41, 5.74) is 0.383. The standard InChI is InChI=1S/C19H21N3O4S/c1-22(14-15-26-17-6-3-2-4-7-17)19(23)16-8-10-18(11-9-16)27(24,25)21-13-5-12-20/h2-4,6-11,21H,5,13-15H2,1H3. The zero-order valence-corrected chi connectivity index (χ0v) is 15.8. The number of benzene rings is 2. The molecule has 0 aromatic heterocycles. The molecule has 0 saturated carbocycles. The molecule has 1 N–H and O–H groups in total. The van der Waals surface area contributed by atoms with Crippen molar-refractivity contribution in [2.24, 2.45) is 0 Å². The van der Waals surface area contributed by atoms with Crippen LogP contribution in [-0.4, -0.2) is 46.0 Å². The van der Waals surface area contributed by atoms with E-state index < -0.39 is 10.0 Å². The molecule has 8 heteroatoms. The maximum atomic E-state index is 12.4. The van der Waals surface area contributed by atoms with E-state index in [0.717, 1.165) is 5.75 Å². The number of amides is 1. The van der Waals surface area contributed by atoms with E-state index in [4.69, 9.17) is 10.00 Å². The minimum absolute atomic E-state index is 0.0453. The van der Waals surface area contributed by atoms with Gasteiger partial charge in [0, 0.05) is 25.6 Å². The molecule has 2 rings (SSSR count). The van der Waals surface area contributed by atoms with E-state index in [2.05, 4.69) is 4.72 Å². The molecular formula is C19H21N3O4S. The number of sulfonamides is 1. The molecule has 27 heavy (non-hydrogen) atoms. The van der Waals surface area contributed by atoms with Gasteiger partial charge in [-0.3, -0.25) is 4.79 Å². The number of hydrogen-bond donors (Lipinski definition) is 1. The Morgan fingerprint density at radius 1 is 1.15 bits per heavy atom. The minimum atomic E-state index is -3.69. The van der Waals surface area contributed by atoms with Gasteiger partial charge >= 0.3 is 0 Å². The largest absolute Gasteiger partial charge is 0.492 e. The second kappa shape index (κ2) is 9.71. The highest BCUT2D eigenvalue weighted by atomic mass is 32.2. The molecule has 0 aliphatic rings. The second-order valence-electron chi connectivity index (χ2n) is 5.72. The van der Waals surface area contributed by atoms with E-state index in [-0.39, 0.29) is 23.8 Å². The number of hydrogen-bond acceptors (Lipinski definition) is 5. The number of nitrogens with one attached hydrogen (secondary N) is 1. The molecule has 0 unspecified atom stereocenters. The normalized spacial score (nSPS) is 10.8. The summed E-state index contributed by atoms with van der Waals surface area (Å²) in [7, 11) is -2.03. The Labute approximate surface area is 159 Å². The summed E-state index contributed by atoms with van der Waals surface area (Å²) in [6, 6.07) is 16.9. The first-order valence-electron chi connectivity index (χ1n) is 8.34. The van der Waals surface area contributed by atoms with Gasteiger partial charge in [-0.15, -0.1) is 0 Å². The molecule has 0 fully saturated rings. The van der Waals surface area contributed by atoms with E-state index in [1.165, 1.54) is 29.2 Å². The first-order valence-corrected chi connectivity index (χ1v) is 9.82. The number of para-hydroxylation sites is 1. The number of likely N-dealkylation sites (N-methyl/N-ethyl adjacent to an activating group) is 1. The van der Waals surface area contributed by atoms with Crippen LogP contribution in [0.1, 0.15) is 16.8 Å². The van der Waals surface area contributed by atoms with E-state index >= 15 is 0 Å². The van der Waals surface area contributed by atoms with Crippen LogP contribution in [0.25, 0.3) is 0 Å². The Hall–Kier alpha value is -2.89. The van der Waals surface area contributed by atoms with Crippen molar-refractivity contribution in [3.63, 3.8) is 0 Å². The molecule has 0 saturated heterocycles. The van der Waals surface area contributed by atoms with Gasteiger partial charge in [0.15, 0.2) is 0 Å². The Kier molecular flexibility index (Phi) is 7.34. The summed E-state index contributed by atoms with van der Waals surface area (Å²) >= 11 is 0. The molecule has 142 valence electrons. The van der Waals surface area contributed by atoms with Crippen LogP contribution < -0.4 is 9.46 Å². The van der Waals surface area contributed by atoms with Crippen LogP contribution >= 0.6 is 0 Å². The summed E-state index contributed by atoms with van der Waals surface area (Å²) in [6.07, 6.45) is 0.0889. The second-order valence-corrected chi connectivity index (χ2v) is 7.49. The average molecular weight is 387 g/mol. The van der Waals surface area contributed by atoms with Crippen molar-refractivity contribution in [3.05, 3.63) is 60.2 Å². The van der Waals surface area contributed by atoms with Crippen molar-refractivity contribution >= 4 is 15.9 Å². The van der Waals surface area contributed by atoms with Crippen LogP contribution in [0, 0.1) is 11.3 Å². The quantitative estimate of drug-likeness (QED) is 0.664. The lowest BCUT2D eigenvalue weighted by molar-refractivity contribution is 0.0773. The number of nitrogens with zero attached hydrogens (tertiary/aromatic N) is 2. The Balaban J connectivity index is 1.91. The van der Waals surface area contributed by atoms with Gasteiger partial charge in [0.05, 0.1) is 17.5 Å². The van der Waals surface area contributed by atoms with Gasteiger partial charge < -0.3 is 9.64 Å². The first kappa shape index (κ1) is 20.4. The van der Waals surface area contributed by atoms with Crippen LogP contribution in [0.2, 0.25) is 0 Å². The monoisotopic (exact) mass is 387 g/mol. The number of ether oxygens (including phenoxy) is 1. The van der Waals surface area contributed by atoms with Gasteiger partial charge in [-0.2, -0.15) is 5.26 Å². The molecular weight excluding hydrogens is 366 g/mol. The van der Waals surface area contributed by atoms with E-state index in [0.29, 0.717) is 18.7 Å². The SMILES string of the molecule is CN(CCOc1ccccc1)C(=O)c1ccc(S(=O)(=O)NCCC#N)cc1. The predicted octanol–water partition coefficient (Wildman–Crippen LogP) is 2.03. The van der Waals surface area contributed by atoms with Gasteiger partial charge in [-0.05, 0) is 36.4 Å². The van der Waals surface area contributed by atoms with Crippen molar-refractivity contribution in [3.8, 4) is 11.8 Å². The molecule has 0 radical (unpaired) electrons. The van der Waals surface area contributed by atoms with Crippen LogP contribution in [0.4, 0.5) is 0 Å². The third-order valence-electron chi connectivity index (χ3n) is 3.73. The average Bonchev–Trinajstić information content (AvgIpc) is 2.68. The zero-order chi connectivity index (χ0) is 19.7. The van der Waals surface area contributed by atoms with Gasteiger partial charge in [-0.1, -0.05) is 18.2 Å². The van der Waals surface area contributed by atoms with Crippen LogP contribution in [0.5, 0.6) is 5.75 Å². The fourth-order valence-corrected chi connectivity index (χ4v) is 3.27. The van der Waals surface area contributed by atoms with Crippen LogP contribution in [0.15, 0.2) is 59.5 Å². The van der Waals surface area contributed by atoms with Gasteiger partial charge in [0.25, 0.3) is 5.91 Å². The molecule has 0 spiro atoms. The Morgan fingerprint density at radius 3 is 2.44 bits per heavy atom. The summed E-state index contributed by atoms with van der Waals surface area (Å²) in [5, 5.41) is 8.47. The van der Waals surface area contributed by atoms with Gasteiger partial charge in [-0.25, -0.2) is 13.1 Å². The topological polar surface area (TPSA) is 99.5 Å². The Bertz CT molecular complexity index is 891. The van der Waals surface area contributed by atoms with Crippen molar-refractivity contribution < 1.29 is 17.9 Å². The lowest BCUT2D eigenvalue weighted by Gasteiger charge is -2.17. The van der Waals surface area contributed by atoms with Gasteiger partial charge in [0.1, 0.15) is 12.4 Å². The number of nitriles is 1. The molecule has 0 heterocycles. The van der Waals surface area contributed by atoms with Crippen molar-refractivity contribution in [1.82, 2.24) is 9.62 Å². The lowest BCUT2D eigenvalue weighted by atomic mass is 10.2. The van der Waals surface area contributed by atoms with E-state index in [1.54, 1.807) is 7.05 Å². The molecule has 0 aliphatic heterocycles. The van der Waals surface area contributed by atoms with Gasteiger partial charge in [0.2, 0.25) is 10.0 Å². The molecule has 0 aliphatic carbocycles. The van der Waals surface area contributed by atoms with Crippen LogP contribution in [0.3, 0.4) is 0 Å². The maximum Gasteiger partial charge on any atom is 0.253 e. The summed E-state index contributed by atoms with van der Waals surface area (Å²) < 4.78 is 32.0. The first-order chi connectivity index (χ1) is 12.9. The number of rotatable bonds is 9. The molecule has 1 amide bonds. The minimum Gasteiger partial charge on any atom is -0.492 e.